The van der Waals surface area contributed by atoms with Crippen molar-refractivity contribution in [2.75, 3.05) is 24.3 Å². The van der Waals surface area contributed by atoms with Crippen molar-refractivity contribution < 1.29 is 4.74 Å². The van der Waals surface area contributed by atoms with Crippen LogP contribution in [0.2, 0.25) is 0 Å². The van der Waals surface area contributed by atoms with E-state index in [1.165, 1.54) is 16.5 Å². The van der Waals surface area contributed by atoms with Crippen LogP contribution in [-0.4, -0.2) is 19.0 Å². The van der Waals surface area contributed by atoms with Crippen LogP contribution in [0.3, 0.4) is 0 Å². The van der Waals surface area contributed by atoms with E-state index >= 15 is 0 Å². The molecule has 2 aromatic rings. The summed E-state index contributed by atoms with van der Waals surface area (Å²) in [4.78, 5) is 0. The van der Waals surface area contributed by atoms with Gasteiger partial charge in [0.2, 0.25) is 0 Å². The Kier molecular flexibility index (Phi) is 5.34. The Balaban J connectivity index is 2.19. The highest BCUT2D eigenvalue weighted by molar-refractivity contribution is 6.17. The average molecular weight is 278 g/mol. The summed E-state index contributed by atoms with van der Waals surface area (Å²) < 4.78 is 5.67. The lowest BCUT2D eigenvalue weighted by Crippen LogP contribution is -2.00. The second kappa shape index (κ2) is 7.25. The van der Waals surface area contributed by atoms with E-state index in [0.29, 0.717) is 12.5 Å². The van der Waals surface area contributed by atoms with Gasteiger partial charge >= 0.3 is 0 Å². The third-order valence-corrected chi connectivity index (χ3v) is 3.23. The highest BCUT2D eigenvalue weighted by atomic mass is 35.5. The summed E-state index contributed by atoms with van der Waals surface area (Å²) in [5.41, 5.74) is 1.19. The van der Waals surface area contributed by atoms with Crippen molar-refractivity contribution in [2.45, 2.75) is 19.8 Å². The molecule has 0 aliphatic rings. The van der Waals surface area contributed by atoms with Gasteiger partial charge in [0.25, 0.3) is 0 Å². The third kappa shape index (κ3) is 3.77. The number of benzene rings is 2. The average Bonchev–Trinajstić information content (AvgIpc) is 2.45. The molecule has 0 spiro atoms. The van der Waals surface area contributed by atoms with Crippen molar-refractivity contribution >= 4 is 28.1 Å². The molecule has 0 aromatic heterocycles. The summed E-state index contributed by atoms with van der Waals surface area (Å²) in [5.74, 6) is 1.55. The molecular formula is C16H20ClNO. The molecule has 0 amide bonds. The summed E-state index contributed by atoms with van der Waals surface area (Å²) >= 11 is 5.64. The molecule has 0 bridgehead atoms. The fourth-order valence-electron chi connectivity index (χ4n) is 2.01. The fourth-order valence-corrected chi connectivity index (χ4v) is 2.12. The van der Waals surface area contributed by atoms with Crippen molar-refractivity contribution in [2.24, 2.45) is 0 Å². The van der Waals surface area contributed by atoms with Gasteiger partial charge in [-0.2, -0.15) is 0 Å². The van der Waals surface area contributed by atoms with E-state index in [4.69, 9.17) is 16.3 Å². The zero-order valence-electron chi connectivity index (χ0n) is 11.3. The zero-order chi connectivity index (χ0) is 13.5. The Morgan fingerprint density at radius 3 is 2.89 bits per heavy atom. The maximum atomic E-state index is 5.67. The molecule has 2 rings (SSSR count). The molecule has 0 unspecified atom stereocenters. The molecule has 1 N–H and O–H groups in total. The van der Waals surface area contributed by atoms with E-state index in [9.17, 15) is 0 Å². The minimum atomic E-state index is 0.638. The van der Waals surface area contributed by atoms with Crippen LogP contribution >= 0.6 is 11.6 Å². The number of fused-ring (bicyclic) bond motifs is 1. The number of nitrogens with one attached hydrogen (secondary N) is 1. The van der Waals surface area contributed by atoms with Crippen molar-refractivity contribution in [3.8, 4) is 5.75 Å². The number of hydrogen-bond acceptors (Lipinski definition) is 2. The van der Waals surface area contributed by atoms with E-state index in [-0.39, 0.29) is 0 Å². The first-order valence-electron chi connectivity index (χ1n) is 6.80. The van der Waals surface area contributed by atoms with Crippen molar-refractivity contribution in [3.63, 3.8) is 0 Å². The largest absolute Gasteiger partial charge is 0.494 e. The summed E-state index contributed by atoms with van der Waals surface area (Å²) in [5, 5.41) is 5.89. The number of ether oxygens (including phenoxy) is 1. The summed E-state index contributed by atoms with van der Waals surface area (Å²) in [6.07, 6.45) is 1.99. The molecule has 0 aliphatic carbocycles. The molecule has 0 radical (unpaired) electrons. The van der Waals surface area contributed by atoms with Gasteiger partial charge in [-0.15, -0.1) is 11.6 Å². The lowest BCUT2D eigenvalue weighted by molar-refractivity contribution is 0.319. The summed E-state index contributed by atoms with van der Waals surface area (Å²) in [6, 6.07) is 12.5. The third-order valence-electron chi connectivity index (χ3n) is 2.96. The van der Waals surface area contributed by atoms with Gasteiger partial charge in [-0.05, 0) is 42.5 Å². The monoisotopic (exact) mass is 277 g/mol. The van der Waals surface area contributed by atoms with Crippen LogP contribution in [0.15, 0.2) is 36.4 Å². The Morgan fingerprint density at radius 1 is 1.21 bits per heavy atom. The molecule has 0 fully saturated rings. The van der Waals surface area contributed by atoms with Gasteiger partial charge in [-0.1, -0.05) is 19.1 Å². The molecule has 0 aliphatic heterocycles. The Bertz CT molecular complexity index is 527. The minimum absolute atomic E-state index is 0.638. The molecule has 19 heavy (non-hydrogen) atoms. The molecule has 0 saturated carbocycles. The number of hydrogen-bond donors (Lipinski definition) is 1. The summed E-state index contributed by atoms with van der Waals surface area (Å²) in [7, 11) is 0. The smallest absolute Gasteiger partial charge is 0.119 e. The van der Waals surface area contributed by atoms with E-state index in [1.54, 1.807) is 0 Å². The quantitative estimate of drug-likeness (QED) is 0.587. The van der Waals surface area contributed by atoms with Gasteiger partial charge in [-0.25, -0.2) is 0 Å². The number of alkyl halides is 1. The van der Waals surface area contributed by atoms with E-state index in [1.807, 2.05) is 6.07 Å². The standard InChI is InChI=1S/C16H20ClNO/c1-2-10-18-16-6-3-5-13-12-14(7-8-15(13)16)19-11-4-9-17/h3,5-8,12,18H,2,4,9-11H2,1H3. The minimum Gasteiger partial charge on any atom is -0.494 e. The van der Waals surface area contributed by atoms with Gasteiger partial charge in [0.05, 0.1) is 6.61 Å². The lowest BCUT2D eigenvalue weighted by Gasteiger charge is -2.11. The highest BCUT2D eigenvalue weighted by Crippen LogP contribution is 2.27. The van der Waals surface area contributed by atoms with Gasteiger partial charge < -0.3 is 10.1 Å². The number of anilines is 1. The molecule has 2 nitrogen and oxygen atoms in total. The van der Waals surface area contributed by atoms with Crippen molar-refractivity contribution in [1.82, 2.24) is 0 Å². The van der Waals surface area contributed by atoms with Crippen LogP contribution in [0, 0.1) is 0 Å². The topological polar surface area (TPSA) is 21.3 Å². The fraction of sp³-hybridized carbons (Fsp3) is 0.375. The number of rotatable bonds is 7. The molecule has 2 aromatic carbocycles. The van der Waals surface area contributed by atoms with Gasteiger partial charge in [0, 0.05) is 23.5 Å². The first-order chi connectivity index (χ1) is 9.35. The van der Waals surface area contributed by atoms with Gasteiger partial charge in [0.1, 0.15) is 5.75 Å². The van der Waals surface area contributed by atoms with Crippen LogP contribution in [0.4, 0.5) is 5.69 Å². The zero-order valence-corrected chi connectivity index (χ0v) is 12.0. The van der Waals surface area contributed by atoms with Crippen molar-refractivity contribution in [3.05, 3.63) is 36.4 Å². The van der Waals surface area contributed by atoms with Crippen LogP contribution in [0.1, 0.15) is 19.8 Å². The molecule has 0 heterocycles. The lowest BCUT2D eigenvalue weighted by atomic mass is 10.1. The molecule has 0 saturated heterocycles. The molecular weight excluding hydrogens is 258 g/mol. The molecule has 3 heteroatoms. The Hall–Kier alpha value is -1.41. The van der Waals surface area contributed by atoms with Crippen LogP contribution in [0.5, 0.6) is 5.75 Å². The Labute approximate surface area is 119 Å². The van der Waals surface area contributed by atoms with Crippen LogP contribution in [-0.2, 0) is 0 Å². The maximum Gasteiger partial charge on any atom is 0.119 e. The first kappa shape index (κ1) is 14.0. The normalized spacial score (nSPS) is 10.6. The number of halogens is 1. The second-order valence-electron chi connectivity index (χ2n) is 4.51. The first-order valence-corrected chi connectivity index (χ1v) is 7.34. The van der Waals surface area contributed by atoms with Crippen LogP contribution in [0.25, 0.3) is 10.8 Å². The second-order valence-corrected chi connectivity index (χ2v) is 4.88. The summed E-state index contributed by atoms with van der Waals surface area (Å²) in [6.45, 7) is 3.83. The van der Waals surface area contributed by atoms with Crippen molar-refractivity contribution in [1.29, 1.82) is 0 Å². The van der Waals surface area contributed by atoms with Gasteiger partial charge in [-0.3, -0.25) is 0 Å². The van der Waals surface area contributed by atoms with E-state index < -0.39 is 0 Å². The van der Waals surface area contributed by atoms with Crippen LogP contribution < -0.4 is 10.1 Å². The van der Waals surface area contributed by atoms with E-state index in [0.717, 1.165) is 25.1 Å². The molecule has 0 atom stereocenters. The Morgan fingerprint density at radius 2 is 2.11 bits per heavy atom. The highest BCUT2D eigenvalue weighted by Gasteiger charge is 2.02. The van der Waals surface area contributed by atoms with E-state index in [2.05, 4.69) is 42.6 Å². The predicted molar refractivity (Wildman–Crippen MR) is 83.6 cm³/mol. The SMILES string of the molecule is CCCNc1cccc2cc(OCCCCl)ccc12. The van der Waals surface area contributed by atoms with Gasteiger partial charge in [0.15, 0.2) is 0 Å². The molecule has 102 valence electrons. The maximum absolute atomic E-state index is 5.67. The predicted octanol–water partition coefficient (Wildman–Crippen LogP) is 4.67.